The zero-order chi connectivity index (χ0) is 12.7. The molecule has 1 unspecified atom stereocenters. The van der Waals surface area contributed by atoms with Crippen LogP contribution in [0.4, 0.5) is 0 Å². The normalized spacial score (nSPS) is 12.3. The summed E-state index contributed by atoms with van der Waals surface area (Å²) in [6, 6.07) is 10.7. The van der Waals surface area contributed by atoms with E-state index < -0.39 is 0 Å². The minimum absolute atomic E-state index is 0. The van der Waals surface area contributed by atoms with Crippen molar-refractivity contribution in [2.45, 2.75) is 24.3 Å². The summed E-state index contributed by atoms with van der Waals surface area (Å²) in [6.07, 6.45) is 6.71. The molecule has 0 spiro atoms. The molecule has 1 nitrogen and oxygen atoms in total. The predicted molar refractivity (Wildman–Crippen MR) is 83.0 cm³/mol. The number of hydrogen-bond acceptors (Lipinski definition) is 0. The largest absolute Gasteiger partial charge is 1.00 e. The van der Waals surface area contributed by atoms with Crippen LogP contribution in [0.1, 0.15) is 19.4 Å². The van der Waals surface area contributed by atoms with Gasteiger partial charge in [-0.1, -0.05) is 30.3 Å². The molecular formula is C15H21ClIN. The first-order valence-electron chi connectivity index (χ1n) is 6.18. The van der Waals surface area contributed by atoms with Crippen molar-refractivity contribution < 1.29 is 16.9 Å². The van der Waals surface area contributed by atoms with Crippen molar-refractivity contribution in [2.75, 3.05) is 19.6 Å². The average Bonchev–Trinajstić information content (AvgIpc) is 2.41. The smallest absolute Gasteiger partial charge is 0.200 e. The maximum absolute atomic E-state index is 5.61. The Morgan fingerprint density at radius 2 is 1.78 bits per heavy atom. The second-order valence-corrected chi connectivity index (χ2v) is 5.49. The van der Waals surface area contributed by atoms with Gasteiger partial charge in [0.1, 0.15) is 0 Å². The number of halogens is 2. The lowest BCUT2D eigenvalue weighted by Gasteiger charge is -2.39. The van der Waals surface area contributed by atoms with Gasteiger partial charge in [0.2, 0.25) is 4.05 Å². The van der Waals surface area contributed by atoms with Gasteiger partial charge < -0.3 is 16.9 Å². The number of nitrogens with zero attached hydrogens (tertiary/aromatic N) is 1. The van der Waals surface area contributed by atoms with Crippen LogP contribution in [0.15, 0.2) is 30.3 Å². The van der Waals surface area contributed by atoms with Crippen molar-refractivity contribution in [3.8, 4) is 12.3 Å². The Morgan fingerprint density at radius 1 is 1.22 bits per heavy atom. The van der Waals surface area contributed by atoms with Gasteiger partial charge >= 0.3 is 0 Å². The molecular weight excluding hydrogens is 357 g/mol. The molecule has 100 valence electrons. The van der Waals surface area contributed by atoms with Crippen LogP contribution in [0.2, 0.25) is 0 Å². The van der Waals surface area contributed by atoms with Crippen LogP contribution in [-0.4, -0.2) is 28.2 Å². The summed E-state index contributed by atoms with van der Waals surface area (Å²) >= 11 is 2.40. The maximum atomic E-state index is 5.61. The van der Waals surface area contributed by atoms with Gasteiger partial charge in [-0.3, -0.25) is 0 Å². The summed E-state index contributed by atoms with van der Waals surface area (Å²) in [5.41, 5.74) is 1.40. The van der Waals surface area contributed by atoms with Crippen LogP contribution >= 0.6 is 22.6 Å². The van der Waals surface area contributed by atoms with E-state index in [-0.39, 0.29) is 16.5 Å². The van der Waals surface area contributed by atoms with Crippen LogP contribution in [0.5, 0.6) is 0 Å². The third kappa shape index (κ3) is 4.46. The molecule has 0 aromatic heterocycles. The molecule has 0 bridgehead atoms. The fourth-order valence-electron chi connectivity index (χ4n) is 2.13. The fourth-order valence-corrected chi connectivity index (χ4v) is 3.19. The van der Waals surface area contributed by atoms with Crippen molar-refractivity contribution >= 4 is 22.6 Å². The second kappa shape index (κ2) is 8.79. The molecule has 1 rings (SSSR count). The summed E-state index contributed by atoms with van der Waals surface area (Å²) in [6.45, 7) is 7.78. The van der Waals surface area contributed by atoms with E-state index in [9.17, 15) is 0 Å². The van der Waals surface area contributed by atoms with Crippen molar-refractivity contribution in [3.63, 3.8) is 0 Å². The lowest BCUT2D eigenvalue weighted by molar-refractivity contribution is -0.923. The standard InChI is InChI=1S/C15H21IN.ClH/c1-4-15(16)17(5-2,6-3)13-12-14-10-8-7-9-11-14;/h1,7-11,15H,5-6,12-13H2,2-3H3;1H/q+1;/p-1. The van der Waals surface area contributed by atoms with E-state index in [0.717, 1.165) is 30.5 Å². The number of quaternary nitrogens is 1. The molecule has 1 atom stereocenters. The van der Waals surface area contributed by atoms with E-state index >= 15 is 0 Å². The zero-order valence-electron chi connectivity index (χ0n) is 11.1. The molecule has 18 heavy (non-hydrogen) atoms. The van der Waals surface area contributed by atoms with Crippen LogP contribution < -0.4 is 12.4 Å². The van der Waals surface area contributed by atoms with Crippen molar-refractivity contribution in [1.82, 2.24) is 0 Å². The lowest BCUT2D eigenvalue weighted by atomic mass is 10.1. The molecule has 0 heterocycles. The van der Waals surface area contributed by atoms with Crippen molar-refractivity contribution in [3.05, 3.63) is 35.9 Å². The van der Waals surface area contributed by atoms with E-state index in [1.54, 1.807) is 0 Å². The second-order valence-electron chi connectivity index (χ2n) is 4.31. The number of terminal acetylenes is 1. The summed E-state index contributed by atoms with van der Waals surface area (Å²) in [5.74, 6) is 2.90. The van der Waals surface area contributed by atoms with Gasteiger partial charge in [0.05, 0.1) is 19.6 Å². The minimum atomic E-state index is 0. The SMILES string of the molecule is C#CC(I)[N+](CC)(CC)CCc1ccccc1.[Cl-]. The highest BCUT2D eigenvalue weighted by Crippen LogP contribution is 2.20. The van der Waals surface area contributed by atoms with E-state index in [1.807, 2.05) is 0 Å². The molecule has 0 amide bonds. The van der Waals surface area contributed by atoms with E-state index in [0.29, 0.717) is 0 Å². The molecule has 0 fully saturated rings. The van der Waals surface area contributed by atoms with Gasteiger partial charge in [0.15, 0.2) is 0 Å². The zero-order valence-corrected chi connectivity index (χ0v) is 14.0. The van der Waals surface area contributed by atoms with Crippen molar-refractivity contribution in [1.29, 1.82) is 0 Å². The van der Waals surface area contributed by atoms with Gasteiger partial charge in [-0.15, -0.1) is 6.42 Å². The molecule has 0 aliphatic carbocycles. The van der Waals surface area contributed by atoms with Crippen LogP contribution in [0, 0.1) is 12.3 Å². The Labute approximate surface area is 131 Å². The van der Waals surface area contributed by atoms with Gasteiger partial charge in [0, 0.05) is 29.0 Å². The molecule has 1 aromatic rings. The van der Waals surface area contributed by atoms with Crippen molar-refractivity contribution in [2.24, 2.45) is 0 Å². The molecule has 0 N–H and O–H groups in total. The summed E-state index contributed by atoms with van der Waals surface area (Å²) < 4.78 is 1.28. The first-order valence-corrected chi connectivity index (χ1v) is 7.43. The Hall–Kier alpha value is -0.240. The Bertz CT molecular complexity index is 368. The van der Waals surface area contributed by atoms with Gasteiger partial charge in [-0.05, 0) is 25.3 Å². The first-order chi connectivity index (χ1) is 8.18. The van der Waals surface area contributed by atoms with E-state index in [4.69, 9.17) is 6.42 Å². The molecule has 0 radical (unpaired) electrons. The first kappa shape index (κ1) is 17.8. The molecule has 0 saturated heterocycles. The molecule has 1 aromatic carbocycles. The highest BCUT2D eigenvalue weighted by atomic mass is 127. The average molecular weight is 378 g/mol. The third-order valence-corrected chi connectivity index (χ3v) is 5.11. The van der Waals surface area contributed by atoms with Gasteiger partial charge in [-0.2, -0.15) is 0 Å². The van der Waals surface area contributed by atoms with Gasteiger partial charge in [-0.25, -0.2) is 0 Å². The number of rotatable bonds is 6. The van der Waals surface area contributed by atoms with Crippen LogP contribution in [0.25, 0.3) is 0 Å². The topological polar surface area (TPSA) is 0 Å². The molecule has 3 heteroatoms. The highest BCUT2D eigenvalue weighted by Gasteiger charge is 2.29. The Morgan fingerprint density at radius 3 is 2.22 bits per heavy atom. The monoisotopic (exact) mass is 377 g/mol. The summed E-state index contributed by atoms with van der Waals surface area (Å²) in [5, 5.41) is 0. The number of alkyl halides is 1. The Kier molecular flexibility index (Phi) is 8.67. The molecule has 0 aliphatic rings. The minimum Gasteiger partial charge on any atom is -1.00 e. The maximum Gasteiger partial charge on any atom is 0.200 e. The highest BCUT2D eigenvalue weighted by molar-refractivity contribution is 14.1. The van der Waals surface area contributed by atoms with Crippen LogP contribution in [-0.2, 0) is 6.42 Å². The number of likely N-dealkylation sites (N-methyl/N-ethyl adjacent to an activating group) is 1. The third-order valence-electron chi connectivity index (χ3n) is 3.57. The number of hydrogen-bond donors (Lipinski definition) is 0. The molecule has 0 aliphatic heterocycles. The van der Waals surface area contributed by atoms with E-state index in [1.165, 1.54) is 5.56 Å². The summed E-state index contributed by atoms with van der Waals surface area (Å²) in [7, 11) is 0. The quantitative estimate of drug-likeness (QED) is 0.222. The Balaban J connectivity index is 0.00000289. The number of benzene rings is 1. The lowest BCUT2D eigenvalue weighted by Crippen LogP contribution is -3.00. The molecule has 0 saturated carbocycles. The fraction of sp³-hybridized carbons (Fsp3) is 0.467. The summed E-state index contributed by atoms with van der Waals surface area (Å²) in [4.78, 5) is 0. The predicted octanol–water partition coefficient (Wildman–Crippen LogP) is 0.484. The van der Waals surface area contributed by atoms with E-state index in [2.05, 4.69) is 72.7 Å². The van der Waals surface area contributed by atoms with Gasteiger partial charge in [0.25, 0.3) is 0 Å². The van der Waals surface area contributed by atoms with Crippen LogP contribution in [0.3, 0.4) is 0 Å².